The minimum absolute atomic E-state index is 1.09. The van der Waals surface area contributed by atoms with Gasteiger partial charge in [0, 0.05) is 11.1 Å². The van der Waals surface area contributed by atoms with Crippen molar-refractivity contribution in [1.82, 2.24) is 0 Å². The summed E-state index contributed by atoms with van der Waals surface area (Å²) in [4.78, 5) is 0. The van der Waals surface area contributed by atoms with Gasteiger partial charge in [0.15, 0.2) is 0 Å². The molecule has 0 unspecified atom stereocenters. The van der Waals surface area contributed by atoms with Crippen molar-refractivity contribution >= 4 is 29.0 Å². The summed E-state index contributed by atoms with van der Waals surface area (Å²) in [5, 5.41) is 2.63. The topological polar surface area (TPSA) is 0 Å². The molecule has 0 heteroatoms. The van der Waals surface area contributed by atoms with Crippen molar-refractivity contribution in [3.05, 3.63) is 279 Å². The van der Waals surface area contributed by atoms with Crippen LogP contribution in [0.25, 0.3) is 29.0 Å². The molecule has 0 N–H and O–H groups in total. The zero-order valence-electron chi connectivity index (χ0n) is 53.9. The molecule has 0 saturated heterocycles. The summed E-state index contributed by atoms with van der Waals surface area (Å²) >= 11 is 0. The zero-order valence-corrected chi connectivity index (χ0v) is 53.9. The van der Waals surface area contributed by atoms with E-state index in [2.05, 4.69) is 265 Å². The lowest BCUT2D eigenvalue weighted by atomic mass is 10.0. The van der Waals surface area contributed by atoms with E-state index in [1.165, 1.54) is 66.4 Å². The standard InChI is InChI=1S/C14H14.2C10H12.2C10H10.C8H10.2C6H8.C4H8.C4H6/c1-3-4-12-6-8-13-9-11(2)5-7-14(13)10-12;4*1-3-4-10-7-5-9(2)6-8-10;1-7-3-5-8(2)6-4-7;2*1-3-5-6-4-2;2*1-3-4-2/h3-10H,1-2H3;2*3-8H,1-2H3;2*5-8H,1-2H3;3-6H,1-2H3;2*3,5H,1-2H3;3-4H,1-2H3;1-2H3/b3*4-3+;;;;2*5-3+;4-3+;. The Kier molecular flexibility index (Phi) is 52.2. The molecular formula is C82H98. The van der Waals surface area contributed by atoms with Gasteiger partial charge in [0.1, 0.15) is 0 Å². The van der Waals surface area contributed by atoms with Crippen LogP contribution in [-0.2, 0) is 0 Å². The first-order chi connectivity index (χ1) is 39.5. The van der Waals surface area contributed by atoms with Crippen LogP contribution in [0.5, 0.6) is 0 Å². The molecule has 0 saturated carbocycles. The lowest BCUT2D eigenvalue weighted by molar-refractivity contribution is 1.40. The van der Waals surface area contributed by atoms with Crippen LogP contribution in [0.4, 0.5) is 0 Å². The highest BCUT2D eigenvalue weighted by Crippen LogP contribution is 2.18. The molecule has 0 spiro atoms. The van der Waals surface area contributed by atoms with Crippen LogP contribution >= 0.6 is 0 Å². The second kappa shape index (κ2) is 55.4. The van der Waals surface area contributed by atoms with E-state index in [-0.39, 0.29) is 0 Å². The molecule has 0 bridgehead atoms. The van der Waals surface area contributed by atoms with Crippen molar-refractivity contribution in [2.45, 2.75) is 138 Å². The molecule has 7 aromatic carbocycles. The molecule has 0 nitrogen and oxygen atoms in total. The number of rotatable bonds is 3. The monoisotopic (exact) mass is 1080 g/mol. The fourth-order valence-corrected chi connectivity index (χ4v) is 5.95. The number of aryl methyl sites for hydroxylation is 7. The first kappa shape index (κ1) is 77.3. The molecule has 7 rings (SSSR count). The number of allylic oxidation sites excluding steroid dienone is 9. The van der Waals surface area contributed by atoms with E-state index in [0.29, 0.717) is 0 Å². The van der Waals surface area contributed by atoms with Gasteiger partial charge in [0.25, 0.3) is 0 Å². The minimum atomic E-state index is 1.09. The van der Waals surface area contributed by atoms with Crippen LogP contribution in [0, 0.1) is 108 Å². The number of fused-ring (bicyclic) bond motifs is 1. The van der Waals surface area contributed by atoms with Crippen LogP contribution < -0.4 is 0 Å². The quantitative estimate of drug-likeness (QED) is 0.122. The van der Waals surface area contributed by atoms with Gasteiger partial charge in [-0.05, 0) is 208 Å². The van der Waals surface area contributed by atoms with Gasteiger partial charge in [0.05, 0.1) is 0 Å². The Morgan fingerprint density at radius 2 is 0.512 bits per heavy atom. The maximum absolute atomic E-state index is 2.98. The summed E-state index contributed by atoms with van der Waals surface area (Å²) in [6, 6.07) is 55.0. The molecular weight excluding hydrogens is 985 g/mol. The van der Waals surface area contributed by atoms with Gasteiger partial charge in [-0.1, -0.05) is 251 Å². The molecule has 0 amide bonds. The molecule has 0 aliphatic carbocycles. The Balaban J connectivity index is -0.000000863. The van der Waals surface area contributed by atoms with E-state index >= 15 is 0 Å². The third-order valence-corrected chi connectivity index (χ3v) is 10.5. The second-order valence-electron chi connectivity index (χ2n) is 18.0. The van der Waals surface area contributed by atoms with Gasteiger partial charge in [-0.3, -0.25) is 0 Å². The third-order valence-electron chi connectivity index (χ3n) is 10.5. The molecule has 0 fully saturated rings. The molecule has 0 aromatic heterocycles. The highest BCUT2D eigenvalue weighted by molar-refractivity contribution is 5.85. The van der Waals surface area contributed by atoms with Gasteiger partial charge in [-0.15, -0.1) is 35.5 Å². The van der Waals surface area contributed by atoms with Crippen LogP contribution in [0.1, 0.15) is 157 Å². The van der Waals surface area contributed by atoms with Gasteiger partial charge in [-0.25, -0.2) is 0 Å². The maximum atomic E-state index is 2.98. The predicted octanol–water partition coefficient (Wildman–Crippen LogP) is 23.1. The highest BCUT2D eigenvalue weighted by atomic mass is 14.0. The summed E-state index contributed by atoms with van der Waals surface area (Å²) in [5.74, 6) is 28.0. The van der Waals surface area contributed by atoms with Crippen molar-refractivity contribution < 1.29 is 0 Å². The van der Waals surface area contributed by atoms with Crippen LogP contribution in [0.2, 0.25) is 0 Å². The summed E-state index contributed by atoms with van der Waals surface area (Å²) < 4.78 is 0. The Morgan fingerprint density at radius 3 is 0.780 bits per heavy atom. The van der Waals surface area contributed by atoms with Gasteiger partial charge in [-0.2, -0.15) is 0 Å². The molecule has 82 heavy (non-hydrogen) atoms. The van der Waals surface area contributed by atoms with Crippen molar-refractivity contribution in [3.8, 4) is 59.2 Å². The molecule has 7 aromatic rings. The van der Waals surface area contributed by atoms with E-state index in [9.17, 15) is 0 Å². The molecule has 0 aliphatic heterocycles. The van der Waals surface area contributed by atoms with E-state index in [1.54, 1.807) is 0 Å². The molecule has 0 atom stereocenters. The van der Waals surface area contributed by atoms with E-state index in [1.807, 2.05) is 163 Å². The average molecular weight is 1080 g/mol. The van der Waals surface area contributed by atoms with Crippen LogP contribution in [-0.4, -0.2) is 0 Å². The maximum Gasteiger partial charge on any atom is 0.0245 e. The number of hydrogen-bond donors (Lipinski definition) is 0. The first-order valence-corrected chi connectivity index (χ1v) is 28.1. The fraction of sp³-hybridized carbons (Fsp3) is 0.244. The van der Waals surface area contributed by atoms with Crippen LogP contribution in [0.3, 0.4) is 0 Å². The van der Waals surface area contributed by atoms with Crippen molar-refractivity contribution in [1.29, 1.82) is 0 Å². The van der Waals surface area contributed by atoms with Crippen molar-refractivity contribution in [3.63, 3.8) is 0 Å². The zero-order chi connectivity index (χ0) is 62.0. The number of hydrogen-bond acceptors (Lipinski definition) is 0. The second-order valence-corrected chi connectivity index (χ2v) is 18.0. The van der Waals surface area contributed by atoms with Crippen molar-refractivity contribution in [2.75, 3.05) is 0 Å². The minimum Gasteiger partial charge on any atom is -0.107 e. The predicted molar refractivity (Wildman–Crippen MR) is 375 cm³/mol. The Morgan fingerprint density at radius 1 is 0.244 bits per heavy atom. The van der Waals surface area contributed by atoms with Crippen LogP contribution in [0.15, 0.2) is 212 Å². The summed E-state index contributed by atoms with van der Waals surface area (Å²) in [7, 11) is 0. The Bertz CT molecular complexity index is 3050. The first-order valence-electron chi connectivity index (χ1n) is 28.1. The molecule has 0 aliphatic rings. The van der Waals surface area contributed by atoms with E-state index in [0.717, 1.165) is 11.1 Å². The summed E-state index contributed by atoms with van der Waals surface area (Å²) in [6.45, 7) is 39.6. The SMILES string of the molecule is C/C=C/C.C/C=C/c1ccc(C)cc1.C/C=C/c1ccc(C)cc1.C/C=C/c1ccc2cc(C)ccc2c1.CC#C/C=C/C.CC#C/C=C/C.CC#CC.CC#Cc1ccc(C)cc1.CC#Cc1ccc(C)cc1.Cc1ccc(C)cc1. The largest absolute Gasteiger partial charge is 0.107 e. The van der Waals surface area contributed by atoms with Gasteiger partial charge < -0.3 is 0 Å². The normalized spacial score (nSPS) is 9.17. The van der Waals surface area contributed by atoms with E-state index in [4.69, 9.17) is 0 Å². The Hall–Kier alpha value is -8.96. The smallest absolute Gasteiger partial charge is 0.0245 e. The highest BCUT2D eigenvalue weighted by Gasteiger charge is 1.94. The molecule has 426 valence electrons. The summed E-state index contributed by atoms with van der Waals surface area (Å²) in [5.41, 5.74) is 15.2. The molecule has 0 heterocycles. The third kappa shape index (κ3) is 47.1. The van der Waals surface area contributed by atoms with Gasteiger partial charge in [0.2, 0.25) is 0 Å². The lowest BCUT2D eigenvalue weighted by Gasteiger charge is -2.00. The molecule has 0 radical (unpaired) electrons. The fourth-order valence-electron chi connectivity index (χ4n) is 5.95. The summed E-state index contributed by atoms with van der Waals surface area (Å²) in [6.07, 6.45) is 23.9. The number of benzene rings is 7. The lowest BCUT2D eigenvalue weighted by Crippen LogP contribution is -1.77. The van der Waals surface area contributed by atoms with Crippen molar-refractivity contribution in [2.24, 2.45) is 0 Å². The van der Waals surface area contributed by atoms with E-state index < -0.39 is 0 Å². The van der Waals surface area contributed by atoms with Gasteiger partial charge >= 0.3 is 0 Å². The average Bonchev–Trinajstić information content (AvgIpc) is 3.51. The Labute approximate surface area is 503 Å².